The van der Waals surface area contributed by atoms with Crippen LogP contribution in [0, 0.1) is 5.92 Å². The summed E-state index contributed by atoms with van der Waals surface area (Å²) in [5, 5.41) is 14.6. The first-order valence-corrected chi connectivity index (χ1v) is 5.29. The summed E-state index contributed by atoms with van der Waals surface area (Å²) in [6.07, 6.45) is 1.72. The Balaban J connectivity index is 2.45. The molecule has 1 amide bonds. The lowest BCUT2D eigenvalue weighted by atomic mass is 10.00. The van der Waals surface area contributed by atoms with Crippen molar-refractivity contribution in [3.63, 3.8) is 0 Å². The molecule has 3 unspecified atom stereocenters. The molecule has 0 bridgehead atoms. The first kappa shape index (κ1) is 12.0. The monoisotopic (exact) mass is 214 g/mol. The Hall–Kier alpha value is -1.10. The average molecular weight is 214 g/mol. The number of nitrogens with one attached hydrogen (secondary N) is 2. The average Bonchev–Trinajstić information content (AvgIpc) is 2.20. The predicted octanol–water partition coefficient (Wildman–Crippen LogP) is -0.0362. The fourth-order valence-electron chi connectivity index (χ4n) is 1.61. The van der Waals surface area contributed by atoms with E-state index in [1.54, 1.807) is 13.8 Å². The van der Waals surface area contributed by atoms with Crippen molar-refractivity contribution in [3.8, 4) is 0 Å². The highest BCUT2D eigenvalue weighted by atomic mass is 16.4. The normalized spacial score (nSPS) is 25.5. The van der Waals surface area contributed by atoms with Gasteiger partial charge in [0.25, 0.3) is 0 Å². The Morgan fingerprint density at radius 2 is 2.27 bits per heavy atom. The maximum absolute atomic E-state index is 11.4. The van der Waals surface area contributed by atoms with Gasteiger partial charge in [-0.3, -0.25) is 9.59 Å². The Morgan fingerprint density at radius 1 is 1.60 bits per heavy atom. The summed E-state index contributed by atoms with van der Waals surface area (Å²) in [7, 11) is 0. The molecule has 0 aliphatic carbocycles. The topological polar surface area (TPSA) is 78.4 Å². The molecule has 5 nitrogen and oxygen atoms in total. The van der Waals surface area contributed by atoms with E-state index in [2.05, 4.69) is 10.6 Å². The number of piperidine rings is 1. The summed E-state index contributed by atoms with van der Waals surface area (Å²) in [4.78, 5) is 22.1. The molecule has 1 aliphatic rings. The molecule has 0 aromatic carbocycles. The number of carbonyl (C=O) groups is 2. The standard InChI is InChI=1S/C10H18N2O3/c1-6(10(14)15)7(2)12-8-4-3-5-11-9(8)13/h6-8,12H,3-5H2,1-2H3,(H,11,13)(H,14,15). The quantitative estimate of drug-likeness (QED) is 0.614. The number of carboxylic acid groups (broad SMARTS) is 1. The summed E-state index contributed by atoms with van der Waals surface area (Å²) in [6.45, 7) is 4.15. The molecule has 1 fully saturated rings. The van der Waals surface area contributed by atoms with E-state index < -0.39 is 11.9 Å². The zero-order valence-electron chi connectivity index (χ0n) is 9.12. The zero-order valence-corrected chi connectivity index (χ0v) is 9.12. The van der Waals surface area contributed by atoms with Crippen LogP contribution in [0.5, 0.6) is 0 Å². The highest BCUT2D eigenvalue weighted by Gasteiger charge is 2.27. The van der Waals surface area contributed by atoms with E-state index in [1.807, 2.05) is 0 Å². The summed E-state index contributed by atoms with van der Waals surface area (Å²) >= 11 is 0. The van der Waals surface area contributed by atoms with Gasteiger partial charge in [-0.05, 0) is 19.8 Å². The second-order valence-corrected chi connectivity index (χ2v) is 4.07. The lowest BCUT2D eigenvalue weighted by molar-refractivity contribution is -0.142. The number of hydrogen-bond donors (Lipinski definition) is 3. The fraction of sp³-hybridized carbons (Fsp3) is 0.800. The minimum atomic E-state index is -0.841. The maximum Gasteiger partial charge on any atom is 0.307 e. The van der Waals surface area contributed by atoms with Crippen LogP contribution in [0.4, 0.5) is 0 Å². The van der Waals surface area contributed by atoms with Crippen LogP contribution in [0.3, 0.4) is 0 Å². The lowest BCUT2D eigenvalue weighted by Crippen LogP contribution is -2.52. The summed E-state index contributed by atoms with van der Waals surface area (Å²) in [5.74, 6) is -1.35. The highest BCUT2D eigenvalue weighted by molar-refractivity contribution is 5.82. The summed E-state index contributed by atoms with van der Waals surface area (Å²) < 4.78 is 0. The molecule has 0 aromatic rings. The van der Waals surface area contributed by atoms with Crippen LogP contribution in [0.15, 0.2) is 0 Å². The van der Waals surface area contributed by atoms with Gasteiger partial charge in [-0.25, -0.2) is 0 Å². The minimum Gasteiger partial charge on any atom is -0.481 e. The van der Waals surface area contributed by atoms with Gasteiger partial charge in [-0.2, -0.15) is 0 Å². The zero-order chi connectivity index (χ0) is 11.4. The Morgan fingerprint density at radius 3 is 2.80 bits per heavy atom. The second-order valence-electron chi connectivity index (χ2n) is 4.07. The van der Waals surface area contributed by atoms with Crippen molar-refractivity contribution in [2.45, 2.75) is 38.8 Å². The van der Waals surface area contributed by atoms with Crippen molar-refractivity contribution < 1.29 is 14.7 Å². The van der Waals surface area contributed by atoms with E-state index >= 15 is 0 Å². The molecule has 1 aliphatic heterocycles. The van der Waals surface area contributed by atoms with E-state index in [-0.39, 0.29) is 18.0 Å². The molecule has 0 spiro atoms. The van der Waals surface area contributed by atoms with Gasteiger partial charge in [-0.1, -0.05) is 6.92 Å². The molecule has 15 heavy (non-hydrogen) atoms. The van der Waals surface area contributed by atoms with Gasteiger partial charge in [0.2, 0.25) is 5.91 Å². The number of carbonyl (C=O) groups excluding carboxylic acids is 1. The van der Waals surface area contributed by atoms with Crippen molar-refractivity contribution in [1.29, 1.82) is 0 Å². The molecular weight excluding hydrogens is 196 g/mol. The molecular formula is C10H18N2O3. The number of carboxylic acids is 1. The van der Waals surface area contributed by atoms with E-state index in [1.165, 1.54) is 0 Å². The molecule has 0 radical (unpaired) electrons. The number of hydrogen-bond acceptors (Lipinski definition) is 3. The van der Waals surface area contributed by atoms with Crippen molar-refractivity contribution in [1.82, 2.24) is 10.6 Å². The van der Waals surface area contributed by atoms with Crippen LogP contribution in [-0.2, 0) is 9.59 Å². The third-order valence-corrected chi connectivity index (χ3v) is 2.89. The van der Waals surface area contributed by atoms with Crippen LogP contribution < -0.4 is 10.6 Å². The Kier molecular flexibility index (Phi) is 4.08. The van der Waals surface area contributed by atoms with E-state index in [9.17, 15) is 9.59 Å². The first-order valence-electron chi connectivity index (χ1n) is 5.29. The molecule has 3 N–H and O–H groups in total. The second kappa shape index (κ2) is 5.11. The lowest BCUT2D eigenvalue weighted by Gasteiger charge is -2.27. The number of rotatable bonds is 4. The third kappa shape index (κ3) is 3.20. The molecule has 1 saturated heterocycles. The van der Waals surface area contributed by atoms with Gasteiger partial charge in [0.1, 0.15) is 0 Å². The fourth-order valence-corrected chi connectivity index (χ4v) is 1.61. The third-order valence-electron chi connectivity index (χ3n) is 2.89. The van der Waals surface area contributed by atoms with Crippen LogP contribution in [-0.4, -0.2) is 35.6 Å². The highest BCUT2D eigenvalue weighted by Crippen LogP contribution is 2.08. The van der Waals surface area contributed by atoms with Gasteiger partial charge >= 0.3 is 5.97 Å². The van der Waals surface area contributed by atoms with Crippen molar-refractivity contribution in [2.75, 3.05) is 6.54 Å². The van der Waals surface area contributed by atoms with Crippen LogP contribution in [0.2, 0.25) is 0 Å². The molecule has 0 saturated carbocycles. The number of amides is 1. The molecule has 1 rings (SSSR count). The van der Waals surface area contributed by atoms with Crippen molar-refractivity contribution in [2.24, 2.45) is 5.92 Å². The SMILES string of the molecule is CC(NC1CCCNC1=O)C(C)C(=O)O. The van der Waals surface area contributed by atoms with Gasteiger partial charge in [0.15, 0.2) is 0 Å². The summed E-state index contributed by atoms with van der Waals surface area (Å²) in [5.41, 5.74) is 0. The Bertz CT molecular complexity index is 255. The molecule has 5 heteroatoms. The molecule has 0 aromatic heterocycles. The van der Waals surface area contributed by atoms with Gasteiger partial charge in [0.05, 0.1) is 12.0 Å². The van der Waals surface area contributed by atoms with Crippen molar-refractivity contribution in [3.05, 3.63) is 0 Å². The molecule has 3 atom stereocenters. The van der Waals surface area contributed by atoms with Gasteiger partial charge < -0.3 is 15.7 Å². The smallest absolute Gasteiger partial charge is 0.307 e. The molecule has 86 valence electrons. The van der Waals surface area contributed by atoms with E-state index in [0.29, 0.717) is 0 Å². The van der Waals surface area contributed by atoms with Crippen LogP contribution in [0.1, 0.15) is 26.7 Å². The Labute approximate surface area is 89.2 Å². The first-order chi connectivity index (χ1) is 7.02. The summed E-state index contributed by atoms with van der Waals surface area (Å²) in [6, 6.07) is -0.438. The van der Waals surface area contributed by atoms with E-state index in [0.717, 1.165) is 19.4 Å². The largest absolute Gasteiger partial charge is 0.481 e. The molecule has 1 heterocycles. The maximum atomic E-state index is 11.4. The van der Waals surface area contributed by atoms with Crippen LogP contribution >= 0.6 is 0 Å². The van der Waals surface area contributed by atoms with E-state index in [4.69, 9.17) is 5.11 Å². The van der Waals surface area contributed by atoms with Gasteiger partial charge in [0, 0.05) is 12.6 Å². The van der Waals surface area contributed by atoms with Crippen LogP contribution in [0.25, 0.3) is 0 Å². The number of aliphatic carboxylic acids is 1. The van der Waals surface area contributed by atoms with Gasteiger partial charge in [-0.15, -0.1) is 0 Å². The predicted molar refractivity (Wildman–Crippen MR) is 55.4 cm³/mol. The van der Waals surface area contributed by atoms with Crippen molar-refractivity contribution >= 4 is 11.9 Å². The minimum absolute atomic E-state index is 0.0225.